The zero-order chi connectivity index (χ0) is 26.7. The van der Waals surface area contributed by atoms with E-state index in [0.717, 1.165) is 16.4 Å². The summed E-state index contributed by atoms with van der Waals surface area (Å²) in [5.41, 5.74) is 0.180. The molecule has 0 aromatic heterocycles. The van der Waals surface area contributed by atoms with E-state index in [1.165, 1.54) is 49.6 Å². The summed E-state index contributed by atoms with van der Waals surface area (Å²) in [6, 6.07) is 13.1. The van der Waals surface area contributed by atoms with Gasteiger partial charge in [-0.15, -0.1) is 0 Å². The Balaban J connectivity index is 2.17. The second-order valence-corrected chi connectivity index (χ2v) is 10.2. The van der Waals surface area contributed by atoms with E-state index in [9.17, 15) is 26.4 Å². The molecule has 0 fully saturated rings. The SMILES string of the molecule is CCN(Cc1cc(C(F)(F)F)ccc1-c1cc(CC(=O)O)ccc1OC)S(=O)(=O)c1ccc(Cl)cc1. The van der Waals surface area contributed by atoms with Gasteiger partial charge in [-0.1, -0.05) is 30.7 Å². The number of rotatable bonds is 9. The third-order valence-electron chi connectivity index (χ3n) is 5.49. The van der Waals surface area contributed by atoms with Gasteiger partial charge < -0.3 is 9.84 Å². The summed E-state index contributed by atoms with van der Waals surface area (Å²) < 4.78 is 73.7. The van der Waals surface area contributed by atoms with Gasteiger partial charge in [-0.05, 0) is 65.2 Å². The van der Waals surface area contributed by atoms with Crippen LogP contribution in [0.25, 0.3) is 11.1 Å². The van der Waals surface area contributed by atoms with Crippen LogP contribution in [0.2, 0.25) is 5.02 Å². The molecule has 1 N–H and O–H groups in total. The lowest BCUT2D eigenvalue weighted by Gasteiger charge is -2.24. The van der Waals surface area contributed by atoms with E-state index in [4.69, 9.17) is 21.4 Å². The number of ether oxygens (including phenoxy) is 1. The summed E-state index contributed by atoms with van der Waals surface area (Å²) in [6.45, 7) is 1.19. The molecule has 6 nitrogen and oxygen atoms in total. The first-order valence-corrected chi connectivity index (χ1v) is 12.5. The number of benzene rings is 3. The van der Waals surface area contributed by atoms with Crippen molar-refractivity contribution < 1.29 is 36.2 Å². The van der Waals surface area contributed by atoms with Crippen LogP contribution in [0, 0.1) is 0 Å². The Morgan fingerprint density at radius 3 is 2.25 bits per heavy atom. The van der Waals surface area contributed by atoms with Crippen molar-refractivity contribution in [1.29, 1.82) is 0 Å². The second kappa shape index (κ2) is 10.9. The van der Waals surface area contributed by atoms with Crippen LogP contribution in [0.15, 0.2) is 65.6 Å². The number of nitrogens with zero attached hydrogens (tertiary/aromatic N) is 1. The van der Waals surface area contributed by atoms with Crippen LogP contribution in [0.5, 0.6) is 5.75 Å². The summed E-state index contributed by atoms with van der Waals surface area (Å²) in [7, 11) is -2.69. The first-order valence-electron chi connectivity index (χ1n) is 10.7. The number of aliphatic carboxylic acids is 1. The van der Waals surface area contributed by atoms with E-state index in [-0.39, 0.29) is 35.5 Å². The number of sulfonamides is 1. The standard InChI is InChI=1S/C25H23ClF3NO5S/c1-3-30(36(33,34)20-8-6-19(26)7-9-20)15-17-14-18(25(27,28)29)5-10-21(17)22-12-16(13-24(31)32)4-11-23(22)35-2/h4-12,14H,3,13,15H2,1-2H3,(H,31,32). The summed E-state index contributed by atoms with van der Waals surface area (Å²) in [6.07, 6.45) is -4.96. The lowest BCUT2D eigenvalue weighted by molar-refractivity contribution is -0.138. The third kappa shape index (κ3) is 6.18. The average molecular weight is 542 g/mol. The van der Waals surface area contributed by atoms with Gasteiger partial charge in [-0.25, -0.2) is 8.42 Å². The Morgan fingerprint density at radius 1 is 1.03 bits per heavy atom. The highest BCUT2D eigenvalue weighted by atomic mass is 35.5. The Bertz CT molecular complexity index is 1360. The second-order valence-electron chi connectivity index (χ2n) is 7.86. The van der Waals surface area contributed by atoms with Gasteiger partial charge in [0.1, 0.15) is 5.75 Å². The molecule has 0 atom stereocenters. The quantitative estimate of drug-likeness (QED) is 0.366. The molecule has 0 aliphatic rings. The van der Waals surface area contributed by atoms with E-state index in [0.29, 0.717) is 21.9 Å². The van der Waals surface area contributed by atoms with Crippen molar-refractivity contribution >= 4 is 27.6 Å². The average Bonchev–Trinajstić information content (AvgIpc) is 2.81. The summed E-state index contributed by atoms with van der Waals surface area (Å²) >= 11 is 5.86. The highest BCUT2D eigenvalue weighted by Crippen LogP contribution is 2.38. The predicted octanol–water partition coefficient (Wildman–Crippen LogP) is 5.87. The Morgan fingerprint density at radius 2 is 1.69 bits per heavy atom. The Hall–Kier alpha value is -3.08. The summed E-state index contributed by atoms with van der Waals surface area (Å²) in [5, 5.41) is 9.50. The van der Waals surface area contributed by atoms with Gasteiger partial charge in [0.25, 0.3) is 0 Å². The minimum atomic E-state index is -4.66. The van der Waals surface area contributed by atoms with Crippen LogP contribution < -0.4 is 4.74 Å². The molecule has 11 heteroatoms. The van der Waals surface area contributed by atoms with E-state index in [1.807, 2.05) is 0 Å². The van der Waals surface area contributed by atoms with E-state index in [1.54, 1.807) is 13.0 Å². The van der Waals surface area contributed by atoms with Crippen molar-refractivity contribution in [2.45, 2.75) is 31.0 Å². The molecule has 3 aromatic carbocycles. The molecule has 0 heterocycles. The minimum Gasteiger partial charge on any atom is -0.496 e. The normalized spacial score (nSPS) is 12.1. The van der Waals surface area contributed by atoms with Crippen molar-refractivity contribution in [1.82, 2.24) is 4.31 Å². The fourth-order valence-electron chi connectivity index (χ4n) is 3.73. The van der Waals surface area contributed by atoms with Crippen molar-refractivity contribution in [2.75, 3.05) is 13.7 Å². The van der Waals surface area contributed by atoms with Crippen molar-refractivity contribution in [3.63, 3.8) is 0 Å². The molecule has 0 saturated carbocycles. The zero-order valence-electron chi connectivity index (χ0n) is 19.3. The summed E-state index contributed by atoms with van der Waals surface area (Å²) in [4.78, 5) is 11.2. The molecule has 0 radical (unpaired) electrons. The van der Waals surface area contributed by atoms with Gasteiger partial charge in [-0.2, -0.15) is 17.5 Å². The van der Waals surface area contributed by atoms with Crippen LogP contribution >= 0.6 is 11.6 Å². The lowest BCUT2D eigenvalue weighted by atomic mass is 9.94. The van der Waals surface area contributed by atoms with Crippen LogP contribution in [0.3, 0.4) is 0 Å². The zero-order valence-corrected chi connectivity index (χ0v) is 20.9. The number of halogens is 4. The van der Waals surface area contributed by atoms with Crippen molar-refractivity contribution in [3.8, 4) is 16.9 Å². The van der Waals surface area contributed by atoms with Crippen LogP contribution in [-0.4, -0.2) is 37.5 Å². The number of alkyl halides is 3. The summed E-state index contributed by atoms with van der Waals surface area (Å²) in [5.74, 6) is -0.779. The molecule has 0 amide bonds. The van der Waals surface area contributed by atoms with Gasteiger partial charge in [0.15, 0.2) is 0 Å². The lowest BCUT2D eigenvalue weighted by Crippen LogP contribution is -2.30. The number of carboxylic acids is 1. The molecular formula is C25H23ClF3NO5S. The third-order valence-corrected chi connectivity index (χ3v) is 7.68. The van der Waals surface area contributed by atoms with Gasteiger partial charge >= 0.3 is 12.1 Å². The fraction of sp³-hybridized carbons (Fsp3) is 0.240. The molecule has 0 bridgehead atoms. The van der Waals surface area contributed by atoms with Crippen LogP contribution in [-0.2, 0) is 34.0 Å². The number of carbonyl (C=O) groups is 1. The smallest absolute Gasteiger partial charge is 0.416 e. The van der Waals surface area contributed by atoms with Crippen LogP contribution in [0.1, 0.15) is 23.6 Å². The van der Waals surface area contributed by atoms with E-state index < -0.39 is 27.7 Å². The highest BCUT2D eigenvalue weighted by Gasteiger charge is 2.32. The Kier molecular flexibility index (Phi) is 8.33. The van der Waals surface area contributed by atoms with E-state index >= 15 is 0 Å². The number of hydrogen-bond acceptors (Lipinski definition) is 4. The van der Waals surface area contributed by atoms with Gasteiger partial charge in [0.05, 0.1) is 24.0 Å². The van der Waals surface area contributed by atoms with Gasteiger partial charge in [0.2, 0.25) is 10.0 Å². The first kappa shape index (κ1) is 27.5. The van der Waals surface area contributed by atoms with Gasteiger partial charge in [-0.3, -0.25) is 4.79 Å². The number of methoxy groups -OCH3 is 1. The number of hydrogen-bond donors (Lipinski definition) is 1. The maximum atomic E-state index is 13.6. The maximum Gasteiger partial charge on any atom is 0.416 e. The van der Waals surface area contributed by atoms with E-state index in [2.05, 4.69) is 0 Å². The molecule has 0 saturated heterocycles. The molecular weight excluding hydrogens is 519 g/mol. The first-order chi connectivity index (χ1) is 16.9. The molecule has 0 spiro atoms. The molecule has 3 rings (SSSR count). The molecule has 0 unspecified atom stereocenters. The van der Waals surface area contributed by atoms with Gasteiger partial charge in [0, 0.05) is 23.7 Å². The molecule has 0 aliphatic heterocycles. The monoisotopic (exact) mass is 541 g/mol. The Labute approximate surface area is 211 Å². The van der Waals surface area contributed by atoms with Crippen molar-refractivity contribution in [2.24, 2.45) is 0 Å². The predicted molar refractivity (Wildman–Crippen MR) is 129 cm³/mol. The fourth-order valence-corrected chi connectivity index (χ4v) is 5.28. The maximum absolute atomic E-state index is 13.6. The van der Waals surface area contributed by atoms with Crippen molar-refractivity contribution in [3.05, 3.63) is 82.4 Å². The molecule has 0 aliphatic carbocycles. The minimum absolute atomic E-state index is 0.0170. The molecule has 3 aromatic rings. The highest BCUT2D eigenvalue weighted by molar-refractivity contribution is 7.89. The van der Waals surface area contributed by atoms with Crippen LogP contribution in [0.4, 0.5) is 13.2 Å². The molecule has 36 heavy (non-hydrogen) atoms. The molecule has 192 valence electrons. The topological polar surface area (TPSA) is 83.9 Å². The number of carboxylic acid groups (broad SMARTS) is 1. The largest absolute Gasteiger partial charge is 0.496 e.